The van der Waals surface area contributed by atoms with Crippen LogP contribution in [0.2, 0.25) is 18.1 Å². The number of hydrogen-bond acceptors (Lipinski definition) is 4. The Kier molecular flexibility index (Phi) is 5.04. The van der Waals surface area contributed by atoms with Crippen LogP contribution in [-0.2, 0) is 4.43 Å². The van der Waals surface area contributed by atoms with E-state index in [1.807, 2.05) is 0 Å². The molecular formula is C18H28N2O3Si. The molecule has 0 saturated carbocycles. The summed E-state index contributed by atoms with van der Waals surface area (Å²) in [5.74, 6) is -0.545. The molecule has 1 aromatic rings. The van der Waals surface area contributed by atoms with Crippen LogP contribution < -0.4 is 5.73 Å². The molecule has 1 aliphatic heterocycles. The monoisotopic (exact) mass is 348 g/mol. The van der Waals surface area contributed by atoms with Crippen molar-refractivity contribution in [1.82, 2.24) is 4.90 Å². The summed E-state index contributed by atoms with van der Waals surface area (Å²) in [5.41, 5.74) is 7.16. The third-order valence-corrected chi connectivity index (χ3v) is 9.80. The third kappa shape index (κ3) is 3.31. The molecule has 0 bridgehead atoms. The zero-order chi connectivity index (χ0) is 18.3. The van der Waals surface area contributed by atoms with E-state index in [1.54, 1.807) is 31.2 Å². The second kappa shape index (κ2) is 6.42. The molecule has 2 N–H and O–H groups in total. The van der Waals surface area contributed by atoms with Crippen LogP contribution in [0, 0.1) is 0 Å². The minimum Gasteiger partial charge on any atom is -0.415 e. The van der Waals surface area contributed by atoms with Gasteiger partial charge in [0.2, 0.25) is 0 Å². The molecule has 132 valence electrons. The molecule has 1 aromatic carbocycles. The smallest absolute Gasteiger partial charge is 0.261 e. The van der Waals surface area contributed by atoms with Crippen LogP contribution in [-0.4, -0.2) is 43.7 Å². The van der Waals surface area contributed by atoms with Crippen molar-refractivity contribution in [2.75, 3.05) is 6.61 Å². The molecule has 6 heteroatoms. The molecule has 1 heterocycles. The Bertz CT molecular complexity index is 617. The summed E-state index contributed by atoms with van der Waals surface area (Å²) in [7, 11) is -1.92. The summed E-state index contributed by atoms with van der Waals surface area (Å²) < 4.78 is 6.15. The Morgan fingerprint density at radius 1 is 1.12 bits per heavy atom. The maximum atomic E-state index is 12.5. The third-order valence-electron chi connectivity index (χ3n) is 5.30. The van der Waals surface area contributed by atoms with E-state index < -0.39 is 20.4 Å². The van der Waals surface area contributed by atoms with Crippen molar-refractivity contribution < 1.29 is 14.0 Å². The minimum atomic E-state index is -1.92. The van der Waals surface area contributed by atoms with E-state index in [0.717, 1.165) is 0 Å². The first-order valence-corrected chi connectivity index (χ1v) is 11.2. The number of nitrogens with two attached hydrogens (primary N) is 1. The number of fused-ring (bicyclic) bond motifs is 1. The second-order valence-electron chi connectivity index (χ2n) is 8.00. The van der Waals surface area contributed by atoms with Gasteiger partial charge in [0.15, 0.2) is 8.32 Å². The molecule has 0 aliphatic carbocycles. The van der Waals surface area contributed by atoms with E-state index in [0.29, 0.717) is 17.7 Å². The minimum absolute atomic E-state index is 0.0888. The van der Waals surface area contributed by atoms with Gasteiger partial charge < -0.3 is 10.2 Å². The van der Waals surface area contributed by atoms with Gasteiger partial charge in [-0.15, -0.1) is 0 Å². The van der Waals surface area contributed by atoms with Crippen LogP contribution >= 0.6 is 0 Å². The molecule has 0 saturated heterocycles. The first kappa shape index (κ1) is 18.8. The van der Waals surface area contributed by atoms with Gasteiger partial charge >= 0.3 is 0 Å². The Balaban J connectivity index is 2.09. The molecule has 0 aromatic heterocycles. The van der Waals surface area contributed by atoms with Gasteiger partial charge in [-0.05, 0) is 37.2 Å². The summed E-state index contributed by atoms with van der Waals surface area (Å²) >= 11 is 0. The van der Waals surface area contributed by atoms with Crippen LogP contribution in [0.25, 0.3) is 0 Å². The Labute approximate surface area is 145 Å². The normalized spacial score (nSPS) is 17.9. The van der Waals surface area contributed by atoms with Crippen LogP contribution in [0.5, 0.6) is 0 Å². The fourth-order valence-corrected chi connectivity index (χ4v) is 3.47. The van der Waals surface area contributed by atoms with Crippen molar-refractivity contribution >= 4 is 20.1 Å². The Morgan fingerprint density at radius 2 is 1.58 bits per heavy atom. The lowest BCUT2D eigenvalue weighted by atomic mass is 10.1. The second-order valence-corrected chi connectivity index (χ2v) is 12.8. The van der Waals surface area contributed by atoms with Gasteiger partial charge in [0, 0.05) is 6.04 Å². The highest BCUT2D eigenvalue weighted by Crippen LogP contribution is 2.36. The van der Waals surface area contributed by atoms with Crippen LogP contribution in [0.1, 0.15) is 48.4 Å². The number of imide groups is 1. The lowest BCUT2D eigenvalue weighted by Crippen LogP contribution is -2.53. The average Bonchev–Trinajstić information content (AvgIpc) is 2.75. The largest absolute Gasteiger partial charge is 0.415 e. The molecule has 0 fully saturated rings. The lowest BCUT2D eigenvalue weighted by Gasteiger charge is -2.38. The fourth-order valence-electron chi connectivity index (χ4n) is 2.43. The number of carbonyl (C=O) groups excluding carboxylic acids is 2. The quantitative estimate of drug-likeness (QED) is 0.656. The first-order chi connectivity index (χ1) is 11.0. The van der Waals surface area contributed by atoms with Crippen molar-refractivity contribution in [3.8, 4) is 0 Å². The molecule has 0 spiro atoms. The van der Waals surface area contributed by atoms with Crippen molar-refractivity contribution in [2.45, 2.75) is 57.9 Å². The predicted molar refractivity (Wildman–Crippen MR) is 97.5 cm³/mol. The Hall–Kier alpha value is -1.50. The highest BCUT2D eigenvalue weighted by Gasteiger charge is 2.41. The zero-order valence-electron chi connectivity index (χ0n) is 15.4. The van der Waals surface area contributed by atoms with Crippen LogP contribution in [0.3, 0.4) is 0 Å². The van der Waals surface area contributed by atoms with Crippen molar-refractivity contribution in [3.05, 3.63) is 35.4 Å². The fraction of sp³-hybridized carbons (Fsp3) is 0.556. The molecule has 2 rings (SSSR count). The molecule has 5 nitrogen and oxygen atoms in total. The predicted octanol–water partition coefficient (Wildman–Crippen LogP) is 3.02. The first-order valence-electron chi connectivity index (χ1n) is 8.34. The topological polar surface area (TPSA) is 72.6 Å². The van der Waals surface area contributed by atoms with E-state index in [1.165, 1.54) is 4.90 Å². The zero-order valence-corrected chi connectivity index (χ0v) is 16.4. The standard InChI is InChI=1S/C18H28N2O3Si/c1-12(15(19)11-23-24(5,6)18(2,3)4)20-16(21)13-9-7-8-10-14(13)17(20)22/h7-10,12,15H,11,19H2,1-6H3/t12-,15+/m0/s1. The average molecular weight is 349 g/mol. The molecule has 0 unspecified atom stereocenters. The van der Waals surface area contributed by atoms with Crippen LogP contribution in [0.4, 0.5) is 0 Å². The summed E-state index contributed by atoms with van der Waals surface area (Å²) in [6.45, 7) is 13.0. The highest BCUT2D eigenvalue weighted by molar-refractivity contribution is 6.74. The molecule has 2 atom stereocenters. The van der Waals surface area contributed by atoms with Gasteiger partial charge in [-0.3, -0.25) is 14.5 Å². The summed E-state index contributed by atoms with van der Waals surface area (Å²) in [5, 5.41) is 0.0888. The molecule has 2 amide bonds. The number of amides is 2. The van der Waals surface area contributed by atoms with Gasteiger partial charge in [-0.2, -0.15) is 0 Å². The van der Waals surface area contributed by atoms with Crippen molar-refractivity contribution in [3.63, 3.8) is 0 Å². The van der Waals surface area contributed by atoms with Gasteiger partial charge in [-0.1, -0.05) is 32.9 Å². The number of hydrogen-bond donors (Lipinski definition) is 1. The summed E-state index contributed by atoms with van der Waals surface area (Å²) in [6, 6.07) is 6.06. The van der Waals surface area contributed by atoms with E-state index in [4.69, 9.17) is 10.2 Å². The highest BCUT2D eigenvalue weighted by atomic mass is 28.4. The Morgan fingerprint density at radius 3 is 2.00 bits per heavy atom. The summed E-state index contributed by atoms with van der Waals surface area (Å²) in [6.07, 6.45) is 0. The maximum absolute atomic E-state index is 12.5. The number of benzene rings is 1. The molecule has 1 aliphatic rings. The SMILES string of the molecule is C[C@@H]([C@H](N)CO[Si](C)(C)C(C)(C)C)N1C(=O)c2ccccc2C1=O. The van der Waals surface area contributed by atoms with Crippen molar-refractivity contribution in [1.29, 1.82) is 0 Å². The van der Waals surface area contributed by atoms with Gasteiger partial charge in [0.05, 0.1) is 23.8 Å². The maximum Gasteiger partial charge on any atom is 0.261 e. The van der Waals surface area contributed by atoms with E-state index in [2.05, 4.69) is 33.9 Å². The van der Waals surface area contributed by atoms with Gasteiger partial charge in [0.1, 0.15) is 0 Å². The van der Waals surface area contributed by atoms with Crippen molar-refractivity contribution in [2.24, 2.45) is 5.73 Å². The van der Waals surface area contributed by atoms with Crippen LogP contribution in [0.15, 0.2) is 24.3 Å². The van der Waals surface area contributed by atoms with Gasteiger partial charge in [0.25, 0.3) is 11.8 Å². The van der Waals surface area contributed by atoms with E-state index in [9.17, 15) is 9.59 Å². The van der Waals surface area contributed by atoms with E-state index in [-0.39, 0.29) is 16.9 Å². The van der Waals surface area contributed by atoms with E-state index >= 15 is 0 Å². The molecule has 0 radical (unpaired) electrons. The summed E-state index contributed by atoms with van der Waals surface area (Å²) in [4.78, 5) is 26.3. The van der Waals surface area contributed by atoms with Gasteiger partial charge in [-0.25, -0.2) is 0 Å². The lowest BCUT2D eigenvalue weighted by molar-refractivity contribution is 0.0556. The number of nitrogens with zero attached hydrogens (tertiary/aromatic N) is 1. The number of rotatable bonds is 5. The molecule has 24 heavy (non-hydrogen) atoms. The molecular weight excluding hydrogens is 320 g/mol. The number of carbonyl (C=O) groups is 2.